The van der Waals surface area contributed by atoms with Gasteiger partial charge in [-0.1, -0.05) is 6.07 Å². The summed E-state index contributed by atoms with van der Waals surface area (Å²) in [5, 5.41) is 5.58. The maximum Gasteiger partial charge on any atom is 0.573 e. The van der Waals surface area contributed by atoms with E-state index in [2.05, 4.69) is 25.3 Å². The molecule has 1 aliphatic rings. The Morgan fingerprint density at radius 1 is 1.22 bits per heavy atom. The maximum absolute atomic E-state index is 13.3. The maximum atomic E-state index is 13.3. The Morgan fingerprint density at radius 2 is 2.00 bits per heavy atom. The molecule has 0 saturated carbocycles. The van der Waals surface area contributed by atoms with E-state index in [4.69, 9.17) is 0 Å². The zero-order valence-corrected chi connectivity index (χ0v) is 17.7. The van der Waals surface area contributed by atoms with Gasteiger partial charge in [0, 0.05) is 38.3 Å². The summed E-state index contributed by atoms with van der Waals surface area (Å²) >= 11 is 0. The number of amides is 2. The fourth-order valence-electron chi connectivity index (χ4n) is 3.50. The molecule has 8 nitrogen and oxygen atoms in total. The van der Waals surface area contributed by atoms with Crippen LogP contribution in [0.4, 0.5) is 24.8 Å². The number of anilines is 2. The summed E-state index contributed by atoms with van der Waals surface area (Å²) in [6, 6.07) is 5.35. The predicted molar refractivity (Wildman–Crippen MR) is 111 cm³/mol. The molecule has 2 aromatic heterocycles. The van der Waals surface area contributed by atoms with Crippen molar-refractivity contribution >= 4 is 23.5 Å². The second-order valence-electron chi connectivity index (χ2n) is 7.50. The van der Waals surface area contributed by atoms with E-state index in [9.17, 15) is 22.8 Å². The second kappa shape index (κ2) is 9.84. The lowest BCUT2D eigenvalue weighted by Gasteiger charge is -2.36. The highest BCUT2D eigenvalue weighted by molar-refractivity contribution is 5.94. The average Bonchev–Trinajstić information content (AvgIpc) is 2.72. The summed E-state index contributed by atoms with van der Waals surface area (Å²) in [4.78, 5) is 34.6. The summed E-state index contributed by atoms with van der Waals surface area (Å²) in [6.07, 6.45) is -1.05. The van der Waals surface area contributed by atoms with Crippen molar-refractivity contribution in [3.8, 4) is 5.75 Å². The standard InChI is InChI=1S/C21H24F3N5O3/c1-13-6-7-17(27-18-11-16(8-9-25-18)32-21(22,23)24)28-19(13)20(31)29-10-4-3-5-15(29)12-26-14(2)30/h6-9,11,15H,3-5,10,12H2,1-2H3,(H,26,30)(H,25,27,28). The molecular formula is C21H24F3N5O3. The largest absolute Gasteiger partial charge is 0.573 e. The van der Waals surface area contributed by atoms with Gasteiger partial charge in [-0.05, 0) is 43.9 Å². The molecule has 2 N–H and O–H groups in total. The first-order chi connectivity index (χ1) is 15.1. The van der Waals surface area contributed by atoms with Gasteiger partial charge in [-0.15, -0.1) is 13.2 Å². The molecule has 172 valence electrons. The third-order valence-electron chi connectivity index (χ3n) is 5.00. The first-order valence-electron chi connectivity index (χ1n) is 10.1. The number of hydrogen-bond acceptors (Lipinski definition) is 6. The fraction of sp³-hybridized carbons (Fsp3) is 0.429. The molecule has 2 aromatic rings. The minimum Gasteiger partial charge on any atom is -0.406 e. The van der Waals surface area contributed by atoms with Crippen molar-refractivity contribution in [1.82, 2.24) is 20.2 Å². The van der Waals surface area contributed by atoms with Gasteiger partial charge >= 0.3 is 6.36 Å². The molecule has 0 spiro atoms. The number of halogens is 3. The number of piperidine rings is 1. The van der Waals surface area contributed by atoms with Gasteiger partial charge in [0.15, 0.2) is 0 Å². The first kappa shape index (κ1) is 23.3. The van der Waals surface area contributed by atoms with Crippen LogP contribution in [-0.2, 0) is 4.79 Å². The Kier molecular flexibility index (Phi) is 7.16. The Labute approximate surface area is 183 Å². The monoisotopic (exact) mass is 451 g/mol. The molecule has 1 atom stereocenters. The number of aromatic nitrogens is 2. The predicted octanol–water partition coefficient (Wildman–Crippen LogP) is 3.56. The van der Waals surface area contributed by atoms with Crippen LogP contribution in [0, 0.1) is 6.92 Å². The van der Waals surface area contributed by atoms with E-state index in [1.54, 1.807) is 24.0 Å². The zero-order chi connectivity index (χ0) is 23.3. The minimum absolute atomic E-state index is 0.0861. The van der Waals surface area contributed by atoms with Crippen LogP contribution in [0.3, 0.4) is 0 Å². The SMILES string of the molecule is CC(=O)NCC1CCCCN1C(=O)c1nc(Nc2cc(OC(F)(F)F)ccn2)ccc1C. The number of nitrogens with one attached hydrogen (secondary N) is 2. The molecule has 11 heteroatoms. The number of pyridine rings is 2. The molecule has 2 amide bonds. The van der Waals surface area contributed by atoms with Gasteiger partial charge in [0.2, 0.25) is 5.91 Å². The molecule has 3 rings (SSSR count). The lowest BCUT2D eigenvalue weighted by Crippen LogP contribution is -2.49. The van der Waals surface area contributed by atoms with Crippen LogP contribution in [-0.4, -0.2) is 52.2 Å². The van der Waals surface area contributed by atoms with Crippen molar-refractivity contribution in [3.63, 3.8) is 0 Å². The summed E-state index contributed by atoms with van der Waals surface area (Å²) in [5.74, 6) is -0.502. The van der Waals surface area contributed by atoms with E-state index < -0.39 is 12.1 Å². The van der Waals surface area contributed by atoms with Crippen LogP contribution in [0.25, 0.3) is 0 Å². The number of likely N-dealkylation sites (tertiary alicyclic amines) is 1. The molecule has 1 unspecified atom stereocenters. The van der Waals surface area contributed by atoms with Gasteiger partial charge in [-0.25, -0.2) is 9.97 Å². The van der Waals surface area contributed by atoms with E-state index in [0.717, 1.165) is 31.4 Å². The third-order valence-corrected chi connectivity index (χ3v) is 5.00. The molecule has 1 fully saturated rings. The second-order valence-corrected chi connectivity index (χ2v) is 7.50. The van der Waals surface area contributed by atoms with Crippen molar-refractivity contribution in [2.75, 3.05) is 18.4 Å². The van der Waals surface area contributed by atoms with Gasteiger partial charge < -0.3 is 20.3 Å². The molecule has 3 heterocycles. The van der Waals surface area contributed by atoms with Crippen LogP contribution >= 0.6 is 0 Å². The molecule has 1 aliphatic heterocycles. The quantitative estimate of drug-likeness (QED) is 0.697. The van der Waals surface area contributed by atoms with Crippen molar-refractivity contribution in [1.29, 1.82) is 0 Å². The van der Waals surface area contributed by atoms with Gasteiger partial charge in [-0.3, -0.25) is 9.59 Å². The molecule has 0 radical (unpaired) electrons. The molecule has 32 heavy (non-hydrogen) atoms. The summed E-state index contributed by atoms with van der Waals surface area (Å²) in [5.41, 5.74) is 0.888. The molecule has 0 aliphatic carbocycles. The normalized spacial score (nSPS) is 16.4. The van der Waals surface area contributed by atoms with Crippen LogP contribution < -0.4 is 15.4 Å². The zero-order valence-electron chi connectivity index (χ0n) is 17.7. The number of carbonyl (C=O) groups is 2. The van der Waals surface area contributed by atoms with Crippen molar-refractivity contribution in [2.45, 2.75) is 45.5 Å². The van der Waals surface area contributed by atoms with Crippen LogP contribution in [0.2, 0.25) is 0 Å². The average molecular weight is 451 g/mol. The van der Waals surface area contributed by atoms with Crippen molar-refractivity contribution in [2.24, 2.45) is 0 Å². The van der Waals surface area contributed by atoms with Crippen molar-refractivity contribution < 1.29 is 27.5 Å². The highest BCUT2D eigenvalue weighted by Gasteiger charge is 2.31. The van der Waals surface area contributed by atoms with E-state index in [1.165, 1.54) is 13.1 Å². The van der Waals surface area contributed by atoms with Gasteiger partial charge in [-0.2, -0.15) is 0 Å². The number of alkyl halides is 3. The van der Waals surface area contributed by atoms with Gasteiger partial charge in [0.1, 0.15) is 23.1 Å². The Balaban J connectivity index is 1.78. The summed E-state index contributed by atoms with van der Waals surface area (Å²) < 4.78 is 41.3. The number of rotatable bonds is 6. The smallest absolute Gasteiger partial charge is 0.406 e. The van der Waals surface area contributed by atoms with Crippen molar-refractivity contribution in [3.05, 3.63) is 41.7 Å². The lowest BCUT2D eigenvalue weighted by atomic mass is 10.0. The summed E-state index contributed by atoms with van der Waals surface area (Å²) in [6.45, 7) is 4.11. The summed E-state index contributed by atoms with van der Waals surface area (Å²) in [7, 11) is 0. The van der Waals surface area contributed by atoms with E-state index >= 15 is 0 Å². The highest BCUT2D eigenvalue weighted by Crippen LogP contribution is 2.26. The topological polar surface area (TPSA) is 96.5 Å². The van der Waals surface area contributed by atoms with Crippen LogP contribution in [0.1, 0.15) is 42.2 Å². The lowest BCUT2D eigenvalue weighted by molar-refractivity contribution is -0.274. The van der Waals surface area contributed by atoms with E-state index in [-0.39, 0.29) is 35.2 Å². The molecular weight excluding hydrogens is 427 g/mol. The van der Waals surface area contributed by atoms with Gasteiger partial charge in [0.05, 0.1) is 0 Å². The first-order valence-corrected chi connectivity index (χ1v) is 10.1. The van der Waals surface area contributed by atoms with Crippen LogP contribution in [0.15, 0.2) is 30.5 Å². The number of hydrogen-bond donors (Lipinski definition) is 2. The molecule has 0 bridgehead atoms. The Hall–Kier alpha value is -3.37. The van der Waals surface area contributed by atoms with Crippen LogP contribution in [0.5, 0.6) is 5.75 Å². The van der Waals surface area contributed by atoms with E-state index in [1.807, 2.05) is 0 Å². The number of carbonyl (C=O) groups excluding carboxylic acids is 2. The van der Waals surface area contributed by atoms with E-state index in [0.29, 0.717) is 18.7 Å². The fourth-order valence-corrected chi connectivity index (χ4v) is 3.50. The van der Waals surface area contributed by atoms with Gasteiger partial charge in [0.25, 0.3) is 5.91 Å². The Morgan fingerprint density at radius 3 is 2.72 bits per heavy atom. The third kappa shape index (κ3) is 6.32. The Bertz CT molecular complexity index is 983. The molecule has 1 saturated heterocycles. The number of nitrogens with zero attached hydrogens (tertiary/aromatic N) is 3. The number of aryl methyl sites for hydroxylation is 1. The number of ether oxygens (including phenoxy) is 1. The minimum atomic E-state index is -4.82. The molecule has 0 aromatic carbocycles. The highest BCUT2D eigenvalue weighted by atomic mass is 19.4.